The highest BCUT2D eigenvalue weighted by Gasteiger charge is 2.33. The lowest BCUT2D eigenvalue weighted by molar-refractivity contribution is -0.138. The van der Waals surface area contributed by atoms with Crippen LogP contribution < -0.4 is 0 Å². The largest absolute Gasteiger partial charge is 0.417 e. The Hall–Kier alpha value is -0.750. The molecular formula is C14H8BrCl2F3O. The molecule has 0 saturated heterocycles. The lowest BCUT2D eigenvalue weighted by Crippen LogP contribution is -2.08. The van der Waals surface area contributed by atoms with Crippen LogP contribution in [0, 0.1) is 0 Å². The normalized spacial score (nSPS) is 13.3. The summed E-state index contributed by atoms with van der Waals surface area (Å²) in [7, 11) is 0. The van der Waals surface area contributed by atoms with Gasteiger partial charge in [0.05, 0.1) is 15.6 Å². The molecule has 2 aromatic carbocycles. The molecule has 0 aliphatic rings. The van der Waals surface area contributed by atoms with E-state index < -0.39 is 17.8 Å². The quantitative estimate of drug-likeness (QED) is 0.670. The van der Waals surface area contributed by atoms with E-state index >= 15 is 0 Å². The molecule has 1 atom stereocenters. The maximum absolute atomic E-state index is 12.9. The number of hydrogen-bond donors (Lipinski definition) is 1. The third kappa shape index (κ3) is 3.72. The Balaban J connectivity index is 2.44. The molecule has 1 unspecified atom stereocenters. The second kappa shape index (κ2) is 6.16. The van der Waals surface area contributed by atoms with Crippen LogP contribution in [0.1, 0.15) is 22.8 Å². The Bertz CT molecular complexity index is 674. The van der Waals surface area contributed by atoms with Gasteiger partial charge in [-0.1, -0.05) is 51.3 Å². The van der Waals surface area contributed by atoms with Gasteiger partial charge in [0.1, 0.15) is 6.10 Å². The Morgan fingerprint density at radius 3 is 2.10 bits per heavy atom. The molecule has 0 aliphatic carbocycles. The van der Waals surface area contributed by atoms with E-state index in [1.54, 1.807) is 0 Å². The van der Waals surface area contributed by atoms with Crippen molar-refractivity contribution in [1.82, 2.24) is 0 Å². The first-order valence-electron chi connectivity index (χ1n) is 5.70. The second-order valence-electron chi connectivity index (χ2n) is 4.31. The van der Waals surface area contributed by atoms with Crippen LogP contribution in [0.3, 0.4) is 0 Å². The summed E-state index contributed by atoms with van der Waals surface area (Å²) < 4.78 is 38.5. The van der Waals surface area contributed by atoms with Crippen LogP contribution in [-0.4, -0.2) is 5.11 Å². The van der Waals surface area contributed by atoms with Crippen LogP contribution in [0.25, 0.3) is 0 Å². The molecule has 0 heterocycles. The van der Waals surface area contributed by atoms with Gasteiger partial charge in [-0.3, -0.25) is 0 Å². The summed E-state index contributed by atoms with van der Waals surface area (Å²) in [4.78, 5) is 0. The fraction of sp³-hybridized carbons (Fsp3) is 0.143. The van der Waals surface area contributed by atoms with E-state index in [0.717, 1.165) is 6.07 Å². The number of hydrogen-bond acceptors (Lipinski definition) is 1. The minimum absolute atomic E-state index is 0.0833. The van der Waals surface area contributed by atoms with Crippen LogP contribution in [0.15, 0.2) is 40.9 Å². The molecule has 0 aliphatic heterocycles. The minimum atomic E-state index is -4.51. The monoisotopic (exact) mass is 398 g/mol. The average Bonchev–Trinajstić information content (AvgIpc) is 2.40. The Morgan fingerprint density at radius 1 is 0.952 bits per heavy atom. The van der Waals surface area contributed by atoms with Gasteiger partial charge in [0.25, 0.3) is 0 Å². The molecule has 0 aromatic heterocycles. The van der Waals surface area contributed by atoms with Gasteiger partial charge < -0.3 is 5.11 Å². The molecule has 0 radical (unpaired) electrons. The van der Waals surface area contributed by atoms with Crippen LogP contribution in [0.4, 0.5) is 13.2 Å². The van der Waals surface area contributed by atoms with Gasteiger partial charge in [0.2, 0.25) is 0 Å². The molecule has 2 rings (SSSR count). The summed E-state index contributed by atoms with van der Waals surface area (Å²) in [6.07, 6.45) is -5.74. The maximum atomic E-state index is 12.9. The van der Waals surface area contributed by atoms with E-state index in [9.17, 15) is 18.3 Å². The summed E-state index contributed by atoms with van der Waals surface area (Å²) in [6, 6.07) is 7.96. The van der Waals surface area contributed by atoms with Crippen LogP contribution in [0.5, 0.6) is 0 Å². The predicted molar refractivity (Wildman–Crippen MR) is 79.7 cm³/mol. The van der Waals surface area contributed by atoms with Crippen molar-refractivity contribution < 1.29 is 18.3 Å². The van der Waals surface area contributed by atoms with Crippen molar-refractivity contribution in [2.45, 2.75) is 12.3 Å². The molecule has 1 N–H and O–H groups in total. The SMILES string of the molecule is OC(c1ccc(Cl)c(Cl)c1)c1ccc(Br)c(C(F)(F)F)c1. The molecule has 0 spiro atoms. The number of alkyl halides is 3. The molecule has 21 heavy (non-hydrogen) atoms. The molecule has 2 aromatic rings. The van der Waals surface area contributed by atoms with E-state index in [2.05, 4.69) is 15.9 Å². The zero-order chi connectivity index (χ0) is 15.8. The number of aliphatic hydroxyl groups is 1. The summed E-state index contributed by atoms with van der Waals surface area (Å²) in [5.74, 6) is 0. The highest BCUT2D eigenvalue weighted by Crippen LogP contribution is 2.37. The zero-order valence-electron chi connectivity index (χ0n) is 10.3. The minimum Gasteiger partial charge on any atom is -0.384 e. The summed E-state index contributed by atoms with van der Waals surface area (Å²) in [5, 5.41) is 10.7. The van der Waals surface area contributed by atoms with Crippen molar-refractivity contribution in [3.8, 4) is 0 Å². The zero-order valence-corrected chi connectivity index (χ0v) is 13.4. The number of halogens is 6. The molecule has 7 heteroatoms. The predicted octanol–water partition coefficient (Wildman–Crippen LogP) is 5.86. The first-order valence-corrected chi connectivity index (χ1v) is 7.24. The summed E-state index contributed by atoms with van der Waals surface area (Å²) in [6.45, 7) is 0. The third-order valence-electron chi connectivity index (χ3n) is 2.87. The van der Waals surface area contributed by atoms with Crippen LogP contribution >= 0.6 is 39.1 Å². The lowest BCUT2D eigenvalue weighted by Gasteiger charge is -2.16. The fourth-order valence-corrected chi connectivity index (χ4v) is 2.58. The molecule has 1 nitrogen and oxygen atoms in total. The van der Waals surface area contributed by atoms with Crippen LogP contribution in [-0.2, 0) is 6.18 Å². The highest BCUT2D eigenvalue weighted by molar-refractivity contribution is 9.10. The molecule has 0 fully saturated rings. The number of rotatable bonds is 2. The van der Waals surface area contributed by atoms with Crippen molar-refractivity contribution in [3.05, 3.63) is 67.6 Å². The fourth-order valence-electron chi connectivity index (χ4n) is 1.81. The maximum Gasteiger partial charge on any atom is 0.417 e. The van der Waals surface area contributed by atoms with E-state index in [1.165, 1.54) is 30.3 Å². The smallest absolute Gasteiger partial charge is 0.384 e. The van der Waals surface area contributed by atoms with Crippen LogP contribution in [0.2, 0.25) is 10.0 Å². The Labute approximate surface area is 137 Å². The topological polar surface area (TPSA) is 20.2 Å². The second-order valence-corrected chi connectivity index (χ2v) is 5.98. The van der Waals surface area contributed by atoms with Gasteiger partial charge in [-0.05, 0) is 35.4 Å². The Morgan fingerprint density at radius 2 is 1.52 bits per heavy atom. The summed E-state index contributed by atoms with van der Waals surface area (Å²) >= 11 is 14.5. The third-order valence-corrected chi connectivity index (χ3v) is 4.30. The van der Waals surface area contributed by atoms with Gasteiger partial charge in [-0.2, -0.15) is 13.2 Å². The summed E-state index contributed by atoms with van der Waals surface area (Å²) in [5.41, 5.74) is -0.372. The van der Waals surface area contributed by atoms with Gasteiger partial charge in [-0.15, -0.1) is 0 Å². The van der Waals surface area contributed by atoms with Crippen molar-refractivity contribution >= 4 is 39.1 Å². The highest BCUT2D eigenvalue weighted by atomic mass is 79.9. The van der Waals surface area contributed by atoms with Crippen molar-refractivity contribution in [2.24, 2.45) is 0 Å². The van der Waals surface area contributed by atoms with Crippen molar-refractivity contribution in [2.75, 3.05) is 0 Å². The molecule has 0 amide bonds. The lowest BCUT2D eigenvalue weighted by atomic mass is 9.99. The standard InChI is InChI=1S/C14H8BrCl2F3O/c15-10-3-1-7(5-9(10)14(18,19)20)13(21)8-2-4-11(16)12(17)6-8/h1-6,13,21H. The van der Waals surface area contributed by atoms with Gasteiger partial charge >= 0.3 is 6.18 Å². The molecule has 0 bridgehead atoms. The average molecular weight is 400 g/mol. The molecular weight excluding hydrogens is 392 g/mol. The van der Waals surface area contributed by atoms with Gasteiger partial charge in [0, 0.05) is 4.47 Å². The Kier molecular flexibility index (Phi) is 4.88. The first kappa shape index (κ1) is 16.6. The number of benzene rings is 2. The first-order chi connectivity index (χ1) is 9.70. The van der Waals surface area contributed by atoms with Gasteiger partial charge in [-0.25, -0.2) is 0 Å². The van der Waals surface area contributed by atoms with Gasteiger partial charge in [0.15, 0.2) is 0 Å². The number of aliphatic hydroxyl groups excluding tert-OH is 1. The van der Waals surface area contributed by atoms with Crippen molar-refractivity contribution in [3.63, 3.8) is 0 Å². The molecule has 112 valence electrons. The van der Waals surface area contributed by atoms with E-state index in [4.69, 9.17) is 23.2 Å². The van der Waals surface area contributed by atoms with E-state index in [0.29, 0.717) is 10.6 Å². The van der Waals surface area contributed by atoms with E-state index in [1.807, 2.05) is 0 Å². The van der Waals surface area contributed by atoms with E-state index in [-0.39, 0.29) is 15.1 Å². The van der Waals surface area contributed by atoms with Crippen molar-refractivity contribution in [1.29, 1.82) is 0 Å². The molecule has 0 saturated carbocycles.